The van der Waals surface area contributed by atoms with Gasteiger partial charge in [-0.3, -0.25) is 4.79 Å². The SMILES string of the molecule is Cc1ccc(Cn2c3ccccc3c3nnc(SCCCC(=O)NC(c4ccccc4)c4ccccc4)nc32)cc1. The van der Waals surface area contributed by atoms with Gasteiger partial charge in [-0.1, -0.05) is 120 Å². The molecule has 1 N–H and O–H groups in total. The zero-order valence-electron chi connectivity index (χ0n) is 22.9. The van der Waals surface area contributed by atoms with E-state index in [-0.39, 0.29) is 11.9 Å². The molecule has 0 aliphatic rings. The van der Waals surface area contributed by atoms with Crippen molar-refractivity contribution in [3.8, 4) is 0 Å². The van der Waals surface area contributed by atoms with Crippen molar-refractivity contribution in [1.82, 2.24) is 25.1 Å². The average Bonchev–Trinajstić information content (AvgIpc) is 3.32. The van der Waals surface area contributed by atoms with Crippen molar-refractivity contribution in [1.29, 1.82) is 0 Å². The molecule has 2 aromatic heterocycles. The van der Waals surface area contributed by atoms with Crippen molar-refractivity contribution in [2.45, 2.75) is 37.5 Å². The molecule has 0 radical (unpaired) electrons. The van der Waals surface area contributed by atoms with E-state index < -0.39 is 0 Å². The van der Waals surface area contributed by atoms with Gasteiger partial charge in [0.25, 0.3) is 0 Å². The van der Waals surface area contributed by atoms with E-state index in [1.807, 2.05) is 72.8 Å². The van der Waals surface area contributed by atoms with Gasteiger partial charge in [-0.15, -0.1) is 10.2 Å². The van der Waals surface area contributed by atoms with E-state index >= 15 is 0 Å². The Labute approximate surface area is 243 Å². The van der Waals surface area contributed by atoms with Crippen LogP contribution in [0.2, 0.25) is 0 Å². The van der Waals surface area contributed by atoms with Gasteiger partial charge in [-0.05, 0) is 36.1 Å². The van der Waals surface area contributed by atoms with Crippen molar-refractivity contribution >= 4 is 39.7 Å². The smallest absolute Gasteiger partial charge is 0.220 e. The molecule has 2 heterocycles. The highest BCUT2D eigenvalue weighted by Gasteiger charge is 2.17. The van der Waals surface area contributed by atoms with E-state index in [0.717, 1.165) is 38.9 Å². The highest BCUT2D eigenvalue weighted by molar-refractivity contribution is 7.99. The van der Waals surface area contributed by atoms with Crippen molar-refractivity contribution in [3.63, 3.8) is 0 Å². The molecule has 41 heavy (non-hydrogen) atoms. The molecule has 0 aliphatic heterocycles. The fourth-order valence-electron chi connectivity index (χ4n) is 5.07. The molecule has 0 spiro atoms. The Hall–Kier alpha value is -4.49. The largest absolute Gasteiger partial charge is 0.345 e. The lowest BCUT2D eigenvalue weighted by Crippen LogP contribution is -2.29. The number of carbonyl (C=O) groups is 1. The van der Waals surface area contributed by atoms with Gasteiger partial charge in [0.2, 0.25) is 11.1 Å². The quantitative estimate of drug-likeness (QED) is 0.143. The zero-order chi connectivity index (χ0) is 28.0. The number of nitrogens with zero attached hydrogens (tertiary/aromatic N) is 4. The number of benzene rings is 4. The first-order valence-corrected chi connectivity index (χ1v) is 14.8. The summed E-state index contributed by atoms with van der Waals surface area (Å²) in [6, 6.07) is 36.8. The fourth-order valence-corrected chi connectivity index (χ4v) is 5.79. The Morgan fingerprint density at radius 3 is 2.20 bits per heavy atom. The molecule has 0 saturated heterocycles. The van der Waals surface area contributed by atoms with Crippen LogP contribution < -0.4 is 5.32 Å². The number of carbonyl (C=O) groups excluding carboxylic acids is 1. The molecule has 0 unspecified atom stereocenters. The molecule has 204 valence electrons. The number of thioether (sulfide) groups is 1. The Balaban J connectivity index is 1.13. The number of fused-ring (bicyclic) bond motifs is 3. The molecule has 0 atom stereocenters. The van der Waals surface area contributed by atoms with Crippen LogP contribution in [0.4, 0.5) is 0 Å². The number of hydrogen-bond acceptors (Lipinski definition) is 5. The molecule has 0 fully saturated rings. The number of para-hydroxylation sites is 1. The van der Waals surface area contributed by atoms with Gasteiger partial charge >= 0.3 is 0 Å². The predicted octanol–water partition coefficient (Wildman–Crippen LogP) is 7.11. The number of rotatable bonds is 10. The molecule has 0 saturated carbocycles. The van der Waals surface area contributed by atoms with Crippen LogP contribution in [-0.4, -0.2) is 31.4 Å². The van der Waals surface area contributed by atoms with Crippen molar-refractivity contribution in [2.24, 2.45) is 0 Å². The van der Waals surface area contributed by atoms with E-state index in [9.17, 15) is 4.79 Å². The van der Waals surface area contributed by atoms with E-state index in [1.54, 1.807) is 0 Å². The third kappa shape index (κ3) is 6.15. The van der Waals surface area contributed by atoms with Crippen LogP contribution in [0.25, 0.3) is 22.1 Å². The minimum absolute atomic E-state index is 0.0241. The first-order chi connectivity index (χ1) is 20.2. The van der Waals surface area contributed by atoms with Gasteiger partial charge in [0.15, 0.2) is 5.65 Å². The zero-order valence-corrected chi connectivity index (χ0v) is 23.7. The molecule has 4 aromatic carbocycles. The monoisotopic (exact) mass is 557 g/mol. The summed E-state index contributed by atoms with van der Waals surface area (Å²) in [7, 11) is 0. The summed E-state index contributed by atoms with van der Waals surface area (Å²) < 4.78 is 2.22. The van der Waals surface area contributed by atoms with Crippen LogP contribution >= 0.6 is 11.8 Å². The van der Waals surface area contributed by atoms with Crippen molar-refractivity contribution in [2.75, 3.05) is 5.75 Å². The van der Waals surface area contributed by atoms with Crippen molar-refractivity contribution < 1.29 is 4.79 Å². The number of nitrogens with one attached hydrogen (secondary N) is 1. The lowest BCUT2D eigenvalue weighted by Gasteiger charge is -2.20. The van der Waals surface area contributed by atoms with Crippen molar-refractivity contribution in [3.05, 3.63) is 131 Å². The Morgan fingerprint density at radius 2 is 1.49 bits per heavy atom. The van der Waals surface area contributed by atoms with Crippen LogP contribution in [0.1, 0.15) is 41.1 Å². The normalized spacial score (nSPS) is 11.4. The second-order valence-corrected chi connectivity index (χ2v) is 11.2. The topological polar surface area (TPSA) is 72.7 Å². The first kappa shape index (κ1) is 26.7. The minimum Gasteiger partial charge on any atom is -0.345 e. The molecule has 6 aromatic rings. The fraction of sp³-hybridized carbons (Fsp3) is 0.176. The Kier molecular flexibility index (Phi) is 8.05. The third-order valence-electron chi connectivity index (χ3n) is 7.17. The van der Waals surface area contributed by atoms with Crippen LogP contribution in [0, 0.1) is 6.92 Å². The molecule has 0 bridgehead atoms. The maximum atomic E-state index is 13.0. The van der Waals surface area contributed by atoms with Crippen LogP contribution in [0.3, 0.4) is 0 Å². The maximum absolute atomic E-state index is 13.0. The summed E-state index contributed by atoms with van der Waals surface area (Å²) in [5.74, 6) is 0.746. The lowest BCUT2D eigenvalue weighted by atomic mass is 9.98. The average molecular weight is 558 g/mol. The molecular formula is C34H31N5OS. The number of hydrogen-bond donors (Lipinski definition) is 1. The number of aryl methyl sites for hydroxylation is 1. The third-order valence-corrected chi connectivity index (χ3v) is 8.09. The van der Waals surface area contributed by atoms with Crippen LogP contribution in [-0.2, 0) is 11.3 Å². The highest BCUT2D eigenvalue weighted by atomic mass is 32.2. The predicted molar refractivity (Wildman–Crippen MR) is 166 cm³/mol. The summed E-state index contributed by atoms with van der Waals surface area (Å²) >= 11 is 1.54. The molecular weight excluding hydrogens is 526 g/mol. The standard InChI is InChI=1S/C34H31N5OS/c1-24-18-20-25(21-19-24)23-39-29-16-9-8-15-28(29)32-33(39)36-34(38-37-32)41-22-10-17-30(40)35-31(26-11-4-2-5-12-26)27-13-6-3-7-14-27/h2-9,11-16,18-21,31H,10,17,22-23H2,1H3,(H,35,40). The van der Waals surface area contributed by atoms with E-state index in [1.165, 1.54) is 22.9 Å². The second kappa shape index (κ2) is 12.4. The van der Waals surface area contributed by atoms with Gasteiger partial charge < -0.3 is 9.88 Å². The Morgan fingerprint density at radius 1 is 0.829 bits per heavy atom. The maximum Gasteiger partial charge on any atom is 0.220 e. The summed E-state index contributed by atoms with van der Waals surface area (Å²) in [6.45, 7) is 2.80. The molecule has 7 heteroatoms. The second-order valence-electron chi connectivity index (χ2n) is 10.1. The van der Waals surface area contributed by atoms with Crippen LogP contribution in [0.15, 0.2) is 114 Å². The number of aromatic nitrogens is 4. The summed E-state index contributed by atoms with van der Waals surface area (Å²) in [6.07, 6.45) is 1.13. The summed E-state index contributed by atoms with van der Waals surface area (Å²) in [5.41, 5.74) is 7.31. The summed E-state index contributed by atoms with van der Waals surface area (Å²) in [4.78, 5) is 17.9. The molecule has 1 amide bonds. The Bertz CT molecular complexity index is 1730. The molecule has 6 nitrogen and oxygen atoms in total. The lowest BCUT2D eigenvalue weighted by molar-refractivity contribution is -0.121. The number of amides is 1. The van der Waals surface area contributed by atoms with E-state index in [2.05, 4.69) is 63.4 Å². The van der Waals surface area contributed by atoms with E-state index in [0.29, 0.717) is 24.5 Å². The first-order valence-electron chi connectivity index (χ1n) is 13.8. The van der Waals surface area contributed by atoms with Crippen LogP contribution in [0.5, 0.6) is 0 Å². The molecule has 0 aliphatic carbocycles. The summed E-state index contributed by atoms with van der Waals surface area (Å²) in [5, 5.41) is 13.9. The molecule has 6 rings (SSSR count). The van der Waals surface area contributed by atoms with Gasteiger partial charge in [0, 0.05) is 24.1 Å². The van der Waals surface area contributed by atoms with Gasteiger partial charge in [0.05, 0.1) is 11.6 Å². The minimum atomic E-state index is -0.178. The van der Waals surface area contributed by atoms with Gasteiger partial charge in [-0.2, -0.15) is 0 Å². The van der Waals surface area contributed by atoms with E-state index in [4.69, 9.17) is 4.98 Å². The van der Waals surface area contributed by atoms with Gasteiger partial charge in [-0.25, -0.2) is 4.98 Å². The highest BCUT2D eigenvalue weighted by Crippen LogP contribution is 2.28. The van der Waals surface area contributed by atoms with Gasteiger partial charge in [0.1, 0.15) is 5.52 Å².